The van der Waals surface area contributed by atoms with Crippen molar-refractivity contribution in [3.8, 4) is 11.5 Å². The molecule has 0 unspecified atom stereocenters. The zero-order chi connectivity index (χ0) is 11.1. The molecule has 0 saturated heterocycles. The molecule has 0 fully saturated rings. The van der Waals surface area contributed by atoms with Crippen LogP contribution in [-0.2, 0) is 0 Å². The van der Waals surface area contributed by atoms with E-state index in [-0.39, 0.29) is 0 Å². The van der Waals surface area contributed by atoms with Crippen LogP contribution in [0.15, 0.2) is 34.1 Å². The summed E-state index contributed by atoms with van der Waals surface area (Å²) in [6.45, 7) is 2.03. The van der Waals surface area contributed by atoms with Gasteiger partial charge in [0.25, 0.3) is 0 Å². The third kappa shape index (κ3) is 1.39. The summed E-state index contributed by atoms with van der Waals surface area (Å²) in [6.07, 6.45) is 0. The van der Waals surface area contributed by atoms with Gasteiger partial charge in [-0.05, 0) is 36.1 Å². The Morgan fingerprint density at radius 3 is 2.94 bits per heavy atom. The molecule has 3 nitrogen and oxygen atoms in total. The molecule has 0 saturated carbocycles. The summed E-state index contributed by atoms with van der Waals surface area (Å²) >= 11 is 1.49. The number of anilines is 1. The quantitative estimate of drug-likeness (QED) is 0.696. The van der Waals surface area contributed by atoms with Crippen molar-refractivity contribution in [2.45, 2.75) is 6.92 Å². The molecule has 2 heterocycles. The maximum absolute atomic E-state index is 5.84. The van der Waals surface area contributed by atoms with Crippen molar-refractivity contribution in [1.82, 2.24) is 4.98 Å². The Labute approximate surface area is 96.5 Å². The van der Waals surface area contributed by atoms with Crippen LogP contribution >= 0.6 is 11.3 Å². The van der Waals surface area contributed by atoms with Crippen LogP contribution in [0.5, 0.6) is 0 Å². The van der Waals surface area contributed by atoms with Gasteiger partial charge in [-0.3, -0.25) is 0 Å². The van der Waals surface area contributed by atoms with Crippen molar-refractivity contribution in [2.75, 3.05) is 5.73 Å². The summed E-state index contributed by atoms with van der Waals surface area (Å²) in [4.78, 5) is 4.44. The molecule has 2 aromatic heterocycles. The van der Waals surface area contributed by atoms with E-state index in [9.17, 15) is 0 Å². The maximum atomic E-state index is 5.84. The first kappa shape index (κ1) is 9.42. The van der Waals surface area contributed by atoms with E-state index in [0.29, 0.717) is 5.89 Å². The second-order valence-electron chi connectivity index (χ2n) is 3.69. The lowest BCUT2D eigenvalue weighted by Gasteiger charge is -1.90. The van der Waals surface area contributed by atoms with Crippen molar-refractivity contribution in [1.29, 1.82) is 0 Å². The topological polar surface area (TPSA) is 52.0 Å². The highest BCUT2D eigenvalue weighted by Crippen LogP contribution is 2.32. The molecule has 16 heavy (non-hydrogen) atoms. The second kappa shape index (κ2) is 3.35. The van der Waals surface area contributed by atoms with Crippen LogP contribution in [-0.4, -0.2) is 4.98 Å². The molecule has 0 aliphatic rings. The average Bonchev–Trinajstić information content (AvgIpc) is 2.82. The number of nitrogen functional groups attached to an aromatic ring is 1. The molecule has 3 rings (SSSR count). The summed E-state index contributed by atoms with van der Waals surface area (Å²) in [5, 5.41) is 2.67. The minimum absolute atomic E-state index is 0.597. The van der Waals surface area contributed by atoms with E-state index in [1.54, 1.807) is 0 Å². The Balaban J connectivity index is 2.23. The van der Waals surface area contributed by atoms with Crippen LogP contribution in [0.4, 0.5) is 5.00 Å². The van der Waals surface area contributed by atoms with Gasteiger partial charge in [-0.25, -0.2) is 4.98 Å². The molecule has 4 heteroatoms. The number of thiophene rings is 1. The summed E-state index contributed by atoms with van der Waals surface area (Å²) in [5.41, 5.74) is 9.56. The molecule has 3 aromatic rings. The molecule has 1 aromatic carbocycles. The lowest BCUT2D eigenvalue weighted by Crippen LogP contribution is -1.82. The highest BCUT2D eigenvalue weighted by atomic mass is 32.1. The summed E-state index contributed by atoms with van der Waals surface area (Å²) in [6, 6.07) is 7.88. The zero-order valence-electron chi connectivity index (χ0n) is 8.73. The van der Waals surface area contributed by atoms with E-state index < -0.39 is 0 Å². The molecule has 0 aliphatic heterocycles. The van der Waals surface area contributed by atoms with Crippen molar-refractivity contribution < 1.29 is 4.42 Å². The minimum atomic E-state index is 0.597. The molecule has 0 amide bonds. The third-order valence-corrected chi connectivity index (χ3v) is 3.21. The van der Waals surface area contributed by atoms with Crippen LogP contribution in [0.1, 0.15) is 5.56 Å². The first-order valence-corrected chi connectivity index (χ1v) is 5.82. The van der Waals surface area contributed by atoms with Crippen LogP contribution in [0.25, 0.3) is 22.6 Å². The first-order chi connectivity index (χ1) is 7.74. The average molecular weight is 230 g/mol. The number of aromatic nitrogens is 1. The number of hydrogen-bond acceptors (Lipinski definition) is 4. The number of benzene rings is 1. The van der Waals surface area contributed by atoms with Gasteiger partial charge >= 0.3 is 0 Å². The lowest BCUT2D eigenvalue weighted by molar-refractivity contribution is 0.620. The first-order valence-electron chi connectivity index (χ1n) is 4.94. The van der Waals surface area contributed by atoms with Gasteiger partial charge in [0.05, 0.1) is 10.6 Å². The molecule has 0 spiro atoms. The van der Waals surface area contributed by atoms with Gasteiger partial charge in [0, 0.05) is 0 Å². The van der Waals surface area contributed by atoms with Crippen LogP contribution < -0.4 is 5.73 Å². The molecule has 0 radical (unpaired) electrons. The fraction of sp³-hybridized carbons (Fsp3) is 0.0833. The normalized spacial score (nSPS) is 11.1. The second-order valence-corrected chi connectivity index (χ2v) is 4.64. The summed E-state index contributed by atoms with van der Waals surface area (Å²) < 4.78 is 5.66. The molecule has 2 N–H and O–H groups in total. The van der Waals surface area contributed by atoms with E-state index in [1.165, 1.54) is 16.9 Å². The lowest BCUT2D eigenvalue weighted by atomic mass is 10.2. The number of fused-ring (bicyclic) bond motifs is 1. The Kier molecular flexibility index (Phi) is 1.97. The van der Waals surface area contributed by atoms with Crippen molar-refractivity contribution in [2.24, 2.45) is 0 Å². The highest BCUT2D eigenvalue weighted by molar-refractivity contribution is 7.14. The minimum Gasteiger partial charge on any atom is -0.436 e. The Morgan fingerprint density at radius 1 is 1.31 bits per heavy atom. The number of hydrogen-bond donors (Lipinski definition) is 1. The number of aryl methyl sites for hydroxylation is 1. The standard InChI is InChI=1S/C12H10N2OS/c1-7-2-3-10-9(6-7)14-12(15-10)8-4-5-16-11(8)13/h2-6H,13H2,1H3. The Hall–Kier alpha value is -1.81. The number of nitrogens with zero attached hydrogens (tertiary/aromatic N) is 1. The zero-order valence-corrected chi connectivity index (χ0v) is 9.54. The van der Waals surface area contributed by atoms with Crippen molar-refractivity contribution in [3.63, 3.8) is 0 Å². The third-order valence-electron chi connectivity index (χ3n) is 2.47. The number of nitrogens with two attached hydrogens (primary N) is 1. The number of oxazole rings is 1. The molecule has 0 aliphatic carbocycles. The van der Waals surface area contributed by atoms with E-state index in [0.717, 1.165) is 21.7 Å². The largest absolute Gasteiger partial charge is 0.436 e. The van der Waals surface area contributed by atoms with E-state index in [4.69, 9.17) is 10.2 Å². The molecular formula is C12H10N2OS. The van der Waals surface area contributed by atoms with E-state index in [2.05, 4.69) is 4.98 Å². The maximum Gasteiger partial charge on any atom is 0.230 e. The Morgan fingerprint density at radius 2 is 2.19 bits per heavy atom. The highest BCUT2D eigenvalue weighted by Gasteiger charge is 2.11. The predicted octanol–water partition coefficient (Wildman–Crippen LogP) is 3.45. The van der Waals surface area contributed by atoms with Gasteiger partial charge in [0.15, 0.2) is 5.58 Å². The molecule has 80 valence electrons. The van der Waals surface area contributed by atoms with Gasteiger partial charge in [0.2, 0.25) is 5.89 Å². The van der Waals surface area contributed by atoms with E-state index in [1.807, 2.05) is 36.6 Å². The molecule has 0 atom stereocenters. The molecular weight excluding hydrogens is 220 g/mol. The number of rotatable bonds is 1. The Bertz CT molecular complexity index is 654. The van der Waals surface area contributed by atoms with Gasteiger partial charge in [0.1, 0.15) is 5.52 Å². The van der Waals surface area contributed by atoms with Gasteiger partial charge < -0.3 is 10.2 Å². The van der Waals surface area contributed by atoms with Crippen LogP contribution in [0, 0.1) is 6.92 Å². The van der Waals surface area contributed by atoms with Crippen LogP contribution in [0.3, 0.4) is 0 Å². The van der Waals surface area contributed by atoms with Gasteiger partial charge in [-0.15, -0.1) is 11.3 Å². The fourth-order valence-electron chi connectivity index (χ4n) is 1.65. The smallest absolute Gasteiger partial charge is 0.230 e. The summed E-state index contributed by atoms with van der Waals surface area (Å²) in [5.74, 6) is 0.597. The SMILES string of the molecule is Cc1ccc2oc(-c3ccsc3N)nc2c1. The molecule has 0 bridgehead atoms. The monoisotopic (exact) mass is 230 g/mol. The van der Waals surface area contributed by atoms with Crippen molar-refractivity contribution >= 4 is 27.4 Å². The summed E-state index contributed by atoms with van der Waals surface area (Å²) in [7, 11) is 0. The van der Waals surface area contributed by atoms with Crippen LogP contribution in [0.2, 0.25) is 0 Å². The predicted molar refractivity (Wildman–Crippen MR) is 66.5 cm³/mol. The van der Waals surface area contributed by atoms with Gasteiger partial charge in [-0.2, -0.15) is 0 Å². The van der Waals surface area contributed by atoms with E-state index >= 15 is 0 Å². The fourth-order valence-corrected chi connectivity index (χ4v) is 2.28. The van der Waals surface area contributed by atoms with Crippen molar-refractivity contribution in [3.05, 3.63) is 35.2 Å². The van der Waals surface area contributed by atoms with Gasteiger partial charge in [-0.1, -0.05) is 6.07 Å².